The number of rotatable bonds is 8. The molecule has 0 saturated heterocycles. The van der Waals surface area contributed by atoms with Crippen LogP contribution >= 0.6 is 23.8 Å². The summed E-state index contributed by atoms with van der Waals surface area (Å²) >= 11 is 10.9. The first-order chi connectivity index (χ1) is 17.9. The lowest BCUT2D eigenvalue weighted by Crippen LogP contribution is -2.51. The van der Waals surface area contributed by atoms with Gasteiger partial charge in [-0.05, 0) is 36.6 Å². The molecular weight excluding hydrogens is 577 g/mol. The van der Waals surface area contributed by atoms with E-state index >= 15 is 0 Å². The zero-order chi connectivity index (χ0) is 29.6. The zero-order valence-electron chi connectivity index (χ0n) is 19.7. The molecule has 0 unspecified atom stereocenters. The van der Waals surface area contributed by atoms with Crippen LogP contribution in [-0.2, 0) is 12.7 Å². The van der Waals surface area contributed by atoms with E-state index in [1.807, 2.05) is 6.07 Å². The number of alkyl halides is 7. The first kappa shape index (κ1) is 29.9. The fraction of sp³-hybridized carbons (Fsp3) is 0.304. The summed E-state index contributed by atoms with van der Waals surface area (Å²) in [5.41, 5.74) is -3.49. The number of amides is 1. The molecule has 5 N–H and O–H groups in total. The molecular formula is C23H18ClF7N6OS. The molecule has 2 aromatic rings. The van der Waals surface area contributed by atoms with Crippen molar-refractivity contribution in [3.63, 3.8) is 0 Å². The standard InChI is InChI=1S/C23H18ClF7N6OS/c1-37-16(21(25,22(26,27)28)23(29,30)31)7-14(17(34)39)18(37)35-9-12(8-32)11-2-3-15(24)13(6-11)19(38)36-20(10-33)4-5-20/h2-3,6-9,32,35H,4-5H2,1H3,(H2,34,39)(H,36,38)/b12-9+,32-8?. The van der Waals surface area contributed by atoms with Gasteiger partial charge in [0.2, 0.25) is 0 Å². The van der Waals surface area contributed by atoms with Crippen LogP contribution in [0.3, 0.4) is 0 Å². The van der Waals surface area contributed by atoms with E-state index < -0.39 is 51.5 Å². The van der Waals surface area contributed by atoms with Crippen LogP contribution in [0, 0.1) is 16.7 Å². The summed E-state index contributed by atoms with van der Waals surface area (Å²) in [5, 5.41) is 21.9. The largest absolute Gasteiger partial charge is 0.437 e. The van der Waals surface area contributed by atoms with Crippen LogP contribution in [0.25, 0.3) is 5.57 Å². The average Bonchev–Trinajstić information content (AvgIpc) is 3.53. The second-order valence-electron chi connectivity index (χ2n) is 8.60. The van der Waals surface area contributed by atoms with E-state index in [1.54, 1.807) is 0 Å². The summed E-state index contributed by atoms with van der Waals surface area (Å²) in [6.45, 7) is 0. The minimum Gasteiger partial charge on any atom is -0.389 e. The van der Waals surface area contributed by atoms with Gasteiger partial charge in [-0.15, -0.1) is 0 Å². The lowest BCUT2D eigenvalue weighted by atomic mass is 10.00. The Morgan fingerprint density at radius 3 is 2.23 bits per heavy atom. The Labute approximate surface area is 226 Å². The molecule has 1 aromatic carbocycles. The molecule has 1 heterocycles. The van der Waals surface area contributed by atoms with Crippen molar-refractivity contribution >= 4 is 52.3 Å². The minimum absolute atomic E-state index is 0.0167. The smallest absolute Gasteiger partial charge is 0.389 e. The topological polar surface area (TPSA) is 120 Å². The molecule has 0 aliphatic heterocycles. The molecule has 1 amide bonds. The number of carbonyl (C=O) groups is 1. The van der Waals surface area contributed by atoms with Crippen LogP contribution in [0.4, 0.5) is 36.6 Å². The van der Waals surface area contributed by atoms with Crippen molar-refractivity contribution in [3.05, 3.63) is 57.9 Å². The molecule has 1 aliphatic carbocycles. The molecule has 1 saturated carbocycles. The number of nitrogens with zero attached hydrogens (tertiary/aromatic N) is 2. The van der Waals surface area contributed by atoms with Gasteiger partial charge >= 0.3 is 18.0 Å². The summed E-state index contributed by atoms with van der Waals surface area (Å²) < 4.78 is 95.3. The third kappa shape index (κ3) is 5.44. The third-order valence-corrected chi connectivity index (χ3v) is 6.56. The minimum atomic E-state index is -6.37. The fourth-order valence-corrected chi connectivity index (χ4v) is 4.01. The lowest BCUT2D eigenvalue weighted by molar-refractivity contribution is -0.350. The van der Waals surface area contributed by atoms with E-state index in [-0.39, 0.29) is 32.4 Å². The highest BCUT2D eigenvalue weighted by Gasteiger charge is 2.75. The van der Waals surface area contributed by atoms with E-state index in [0.29, 0.717) is 12.8 Å². The molecule has 0 spiro atoms. The third-order valence-electron chi connectivity index (χ3n) is 6.01. The van der Waals surface area contributed by atoms with E-state index in [9.17, 15) is 40.8 Å². The van der Waals surface area contributed by atoms with Crippen molar-refractivity contribution in [3.8, 4) is 6.07 Å². The van der Waals surface area contributed by atoms with E-state index in [0.717, 1.165) is 19.5 Å². The Balaban J connectivity index is 2.05. The van der Waals surface area contributed by atoms with Gasteiger partial charge in [-0.25, -0.2) is 4.39 Å². The highest BCUT2D eigenvalue weighted by Crippen LogP contribution is 2.54. The van der Waals surface area contributed by atoms with Crippen molar-refractivity contribution in [2.75, 3.05) is 5.32 Å². The molecule has 16 heteroatoms. The van der Waals surface area contributed by atoms with E-state index in [4.69, 9.17) is 35.0 Å². The number of anilines is 1. The number of nitrogens with one attached hydrogen (secondary N) is 3. The Morgan fingerprint density at radius 1 is 1.18 bits per heavy atom. The van der Waals surface area contributed by atoms with Crippen LogP contribution in [0.5, 0.6) is 0 Å². The van der Waals surface area contributed by atoms with Gasteiger partial charge in [0.15, 0.2) is 0 Å². The SMILES string of the molecule is Cn1c(C(F)(C(F)(F)F)C(F)(F)F)cc(C(N)=S)c1N/C=C(\C=N)c1ccc(Cl)c(C(=O)NC2(C#N)CC2)c1. The number of benzene rings is 1. The summed E-state index contributed by atoms with van der Waals surface area (Å²) in [4.78, 5) is 12.0. The van der Waals surface area contributed by atoms with Crippen molar-refractivity contribution in [2.24, 2.45) is 12.8 Å². The van der Waals surface area contributed by atoms with Crippen LogP contribution in [0.2, 0.25) is 5.02 Å². The van der Waals surface area contributed by atoms with Crippen LogP contribution in [-0.4, -0.2) is 39.6 Å². The fourth-order valence-electron chi connectivity index (χ4n) is 3.65. The number of halogens is 8. The first-order valence-corrected chi connectivity index (χ1v) is 11.5. The van der Waals surface area contributed by atoms with Gasteiger partial charge in [-0.3, -0.25) is 4.79 Å². The maximum atomic E-state index is 14.8. The zero-order valence-corrected chi connectivity index (χ0v) is 21.3. The monoisotopic (exact) mass is 594 g/mol. The van der Waals surface area contributed by atoms with Gasteiger partial charge < -0.3 is 26.3 Å². The van der Waals surface area contributed by atoms with Gasteiger partial charge in [0.25, 0.3) is 5.91 Å². The molecule has 0 atom stereocenters. The number of nitrogens with two attached hydrogens (primary N) is 1. The molecule has 3 rings (SSSR count). The Morgan fingerprint density at radius 2 is 1.77 bits per heavy atom. The van der Waals surface area contributed by atoms with Crippen molar-refractivity contribution in [2.45, 2.75) is 36.4 Å². The van der Waals surface area contributed by atoms with Crippen LogP contribution in [0.15, 0.2) is 30.5 Å². The predicted molar refractivity (Wildman–Crippen MR) is 133 cm³/mol. The maximum Gasteiger partial charge on any atom is 0.437 e. The number of aromatic nitrogens is 1. The quantitative estimate of drug-likeness (QED) is 0.183. The number of hydrogen-bond donors (Lipinski definition) is 4. The van der Waals surface area contributed by atoms with Gasteiger partial charge in [-0.1, -0.05) is 29.9 Å². The second kappa shape index (κ2) is 10.2. The molecule has 1 fully saturated rings. The van der Waals surface area contributed by atoms with Crippen LogP contribution < -0.4 is 16.4 Å². The highest BCUT2D eigenvalue weighted by atomic mass is 35.5. The Bertz CT molecular complexity index is 1410. The molecule has 0 radical (unpaired) electrons. The maximum absolute atomic E-state index is 14.8. The lowest BCUT2D eigenvalue weighted by Gasteiger charge is -2.30. The predicted octanol–water partition coefficient (Wildman–Crippen LogP) is 5.49. The van der Waals surface area contributed by atoms with Gasteiger partial charge in [0.1, 0.15) is 16.3 Å². The van der Waals surface area contributed by atoms with E-state index in [2.05, 4.69) is 10.6 Å². The Hall–Kier alpha value is -3.64. The summed E-state index contributed by atoms with van der Waals surface area (Å²) in [5.74, 6) is -1.19. The number of allylic oxidation sites excluding steroid dienone is 1. The van der Waals surface area contributed by atoms with Crippen molar-refractivity contribution < 1.29 is 35.5 Å². The van der Waals surface area contributed by atoms with Crippen molar-refractivity contribution in [1.29, 1.82) is 10.7 Å². The normalized spacial score (nSPS) is 15.3. The molecule has 208 valence electrons. The molecule has 39 heavy (non-hydrogen) atoms. The molecule has 0 bridgehead atoms. The van der Waals surface area contributed by atoms with Gasteiger partial charge in [0, 0.05) is 25.0 Å². The number of hydrogen-bond acceptors (Lipinski definition) is 5. The number of thiocarbonyl (C=S) groups is 1. The van der Waals surface area contributed by atoms with Gasteiger partial charge in [0.05, 0.1) is 27.9 Å². The average molecular weight is 595 g/mol. The highest BCUT2D eigenvalue weighted by molar-refractivity contribution is 7.80. The summed E-state index contributed by atoms with van der Waals surface area (Å²) in [6.07, 6.45) is -10.1. The number of nitriles is 1. The first-order valence-electron chi connectivity index (χ1n) is 10.8. The Kier molecular flexibility index (Phi) is 7.79. The van der Waals surface area contributed by atoms with Gasteiger partial charge in [-0.2, -0.15) is 31.6 Å². The molecule has 1 aromatic heterocycles. The van der Waals surface area contributed by atoms with E-state index in [1.165, 1.54) is 18.2 Å². The number of carbonyl (C=O) groups excluding carboxylic acids is 1. The second-order valence-corrected chi connectivity index (χ2v) is 9.45. The molecule has 1 aliphatic rings. The van der Waals surface area contributed by atoms with Crippen LogP contribution in [0.1, 0.15) is 40.0 Å². The molecule has 7 nitrogen and oxygen atoms in total. The van der Waals surface area contributed by atoms with Crippen molar-refractivity contribution in [1.82, 2.24) is 9.88 Å². The summed E-state index contributed by atoms with van der Waals surface area (Å²) in [7, 11) is 0.747. The summed E-state index contributed by atoms with van der Waals surface area (Å²) in [6, 6.07) is 6.21.